The van der Waals surface area contributed by atoms with Crippen LogP contribution in [0.3, 0.4) is 0 Å². The SMILES string of the molecule is Oc1ccc(Br)c2[nH]ccc12. The summed E-state index contributed by atoms with van der Waals surface area (Å²) in [6, 6.07) is 5.32. The summed E-state index contributed by atoms with van der Waals surface area (Å²) in [5.41, 5.74) is 0.935. The molecule has 0 aliphatic carbocycles. The number of rotatable bonds is 0. The van der Waals surface area contributed by atoms with Crippen LogP contribution >= 0.6 is 15.9 Å². The van der Waals surface area contributed by atoms with Crippen molar-refractivity contribution in [1.82, 2.24) is 4.98 Å². The van der Waals surface area contributed by atoms with Gasteiger partial charge in [-0.1, -0.05) is 0 Å². The Kier molecular flexibility index (Phi) is 1.39. The summed E-state index contributed by atoms with van der Waals surface area (Å²) in [7, 11) is 0. The lowest BCUT2D eigenvalue weighted by Gasteiger charge is -1.95. The van der Waals surface area contributed by atoms with Gasteiger partial charge in [0.25, 0.3) is 0 Å². The molecule has 56 valence electrons. The summed E-state index contributed by atoms with van der Waals surface area (Å²) in [5, 5.41) is 10.2. The number of aromatic amines is 1. The lowest BCUT2D eigenvalue weighted by molar-refractivity contribution is 0.481. The van der Waals surface area contributed by atoms with Crippen molar-refractivity contribution >= 4 is 26.8 Å². The van der Waals surface area contributed by atoms with Crippen LogP contribution in [0, 0.1) is 0 Å². The third-order valence-corrected chi connectivity index (χ3v) is 2.31. The molecule has 2 rings (SSSR count). The van der Waals surface area contributed by atoms with Crippen LogP contribution in [0.25, 0.3) is 10.9 Å². The number of phenols is 1. The van der Waals surface area contributed by atoms with Gasteiger partial charge in [-0.3, -0.25) is 0 Å². The number of nitrogens with one attached hydrogen (secondary N) is 1. The molecule has 1 heterocycles. The Bertz CT molecular complexity index is 358. The zero-order valence-electron chi connectivity index (χ0n) is 5.63. The maximum absolute atomic E-state index is 9.34. The molecule has 0 bridgehead atoms. The molecule has 0 aliphatic heterocycles. The van der Waals surface area contributed by atoms with Gasteiger partial charge in [-0.25, -0.2) is 0 Å². The van der Waals surface area contributed by atoms with Crippen LogP contribution in [0.4, 0.5) is 0 Å². The van der Waals surface area contributed by atoms with E-state index < -0.39 is 0 Å². The van der Waals surface area contributed by atoms with Crippen LogP contribution < -0.4 is 0 Å². The largest absolute Gasteiger partial charge is 0.507 e. The molecule has 0 unspecified atom stereocenters. The van der Waals surface area contributed by atoms with Crippen LogP contribution in [0.15, 0.2) is 28.9 Å². The van der Waals surface area contributed by atoms with Gasteiger partial charge >= 0.3 is 0 Å². The molecule has 0 spiro atoms. The van der Waals surface area contributed by atoms with Crippen LogP contribution in [-0.2, 0) is 0 Å². The summed E-state index contributed by atoms with van der Waals surface area (Å²) >= 11 is 3.37. The van der Waals surface area contributed by atoms with E-state index in [9.17, 15) is 5.11 Å². The van der Waals surface area contributed by atoms with Crippen molar-refractivity contribution in [2.24, 2.45) is 0 Å². The maximum atomic E-state index is 9.34. The number of fused-ring (bicyclic) bond motifs is 1. The van der Waals surface area contributed by atoms with E-state index in [1.165, 1.54) is 0 Å². The van der Waals surface area contributed by atoms with Crippen LogP contribution in [0.5, 0.6) is 5.75 Å². The zero-order valence-corrected chi connectivity index (χ0v) is 7.22. The first kappa shape index (κ1) is 6.73. The summed E-state index contributed by atoms with van der Waals surface area (Å²) in [6.07, 6.45) is 1.80. The first-order valence-electron chi connectivity index (χ1n) is 3.23. The standard InChI is InChI=1S/C8H6BrNO/c9-6-1-2-7(11)5-3-4-10-8(5)6/h1-4,10-11H. The molecular weight excluding hydrogens is 206 g/mol. The van der Waals surface area contributed by atoms with Gasteiger partial charge in [0.1, 0.15) is 5.75 Å². The first-order valence-corrected chi connectivity index (χ1v) is 4.03. The summed E-state index contributed by atoms with van der Waals surface area (Å²) in [5.74, 6) is 0.310. The molecule has 0 aliphatic rings. The van der Waals surface area contributed by atoms with Gasteiger partial charge in [0.2, 0.25) is 0 Å². The Morgan fingerprint density at radius 3 is 2.82 bits per heavy atom. The highest BCUT2D eigenvalue weighted by Gasteiger charge is 2.02. The smallest absolute Gasteiger partial charge is 0.125 e. The first-order chi connectivity index (χ1) is 5.29. The summed E-state index contributed by atoms with van der Waals surface area (Å²) in [6.45, 7) is 0. The van der Waals surface area contributed by atoms with Gasteiger partial charge in [-0.05, 0) is 34.1 Å². The Morgan fingerprint density at radius 1 is 1.27 bits per heavy atom. The quantitative estimate of drug-likeness (QED) is 0.691. The number of halogens is 1. The van der Waals surface area contributed by atoms with Crippen molar-refractivity contribution in [2.45, 2.75) is 0 Å². The van der Waals surface area contributed by atoms with Crippen LogP contribution in [0.1, 0.15) is 0 Å². The minimum Gasteiger partial charge on any atom is -0.507 e. The molecule has 2 N–H and O–H groups in total. The lowest BCUT2D eigenvalue weighted by Crippen LogP contribution is -1.70. The molecule has 3 heteroatoms. The number of aromatic hydroxyl groups is 1. The maximum Gasteiger partial charge on any atom is 0.125 e. The molecule has 0 saturated carbocycles. The highest BCUT2D eigenvalue weighted by atomic mass is 79.9. The molecule has 11 heavy (non-hydrogen) atoms. The molecule has 1 aromatic carbocycles. The fourth-order valence-corrected chi connectivity index (χ4v) is 1.57. The van der Waals surface area contributed by atoms with Gasteiger partial charge < -0.3 is 10.1 Å². The predicted octanol–water partition coefficient (Wildman–Crippen LogP) is 2.64. The van der Waals surface area contributed by atoms with Crippen molar-refractivity contribution in [1.29, 1.82) is 0 Å². The molecule has 1 aromatic heterocycles. The minimum atomic E-state index is 0.310. The van der Waals surface area contributed by atoms with E-state index in [2.05, 4.69) is 20.9 Å². The molecule has 0 atom stereocenters. The molecule has 2 nitrogen and oxygen atoms in total. The monoisotopic (exact) mass is 211 g/mol. The fraction of sp³-hybridized carbons (Fsp3) is 0. The van der Waals surface area contributed by atoms with Crippen molar-refractivity contribution in [3.8, 4) is 5.75 Å². The van der Waals surface area contributed by atoms with E-state index >= 15 is 0 Å². The highest BCUT2D eigenvalue weighted by molar-refractivity contribution is 9.10. The van der Waals surface area contributed by atoms with E-state index in [1.807, 2.05) is 12.1 Å². The fourth-order valence-electron chi connectivity index (χ4n) is 1.11. The third kappa shape index (κ3) is 0.922. The molecule has 0 saturated heterocycles. The number of aromatic nitrogens is 1. The van der Waals surface area contributed by atoms with E-state index in [1.54, 1.807) is 12.3 Å². The topological polar surface area (TPSA) is 36.0 Å². The number of hydrogen-bond acceptors (Lipinski definition) is 1. The Labute approximate surface area is 72.0 Å². The van der Waals surface area contributed by atoms with Gasteiger partial charge in [0.15, 0.2) is 0 Å². The molecule has 0 radical (unpaired) electrons. The number of hydrogen-bond donors (Lipinski definition) is 2. The minimum absolute atomic E-state index is 0.310. The second-order valence-corrected chi connectivity index (χ2v) is 3.19. The lowest BCUT2D eigenvalue weighted by atomic mass is 10.2. The normalized spacial score (nSPS) is 10.6. The predicted molar refractivity (Wildman–Crippen MR) is 47.7 cm³/mol. The zero-order chi connectivity index (χ0) is 7.84. The second-order valence-electron chi connectivity index (χ2n) is 2.33. The molecule has 0 amide bonds. The Morgan fingerprint density at radius 2 is 2.09 bits per heavy atom. The van der Waals surface area contributed by atoms with Gasteiger partial charge in [-0.15, -0.1) is 0 Å². The average molecular weight is 212 g/mol. The van der Waals surface area contributed by atoms with E-state index in [-0.39, 0.29) is 0 Å². The van der Waals surface area contributed by atoms with Gasteiger partial charge in [0.05, 0.1) is 5.52 Å². The van der Waals surface area contributed by atoms with E-state index in [4.69, 9.17) is 0 Å². The molecular formula is C8H6BrNO. The van der Waals surface area contributed by atoms with Crippen molar-refractivity contribution in [2.75, 3.05) is 0 Å². The second kappa shape index (κ2) is 2.27. The Hall–Kier alpha value is -0.960. The van der Waals surface area contributed by atoms with Crippen molar-refractivity contribution < 1.29 is 5.11 Å². The summed E-state index contributed by atoms with van der Waals surface area (Å²) in [4.78, 5) is 3.02. The van der Waals surface area contributed by atoms with Gasteiger partial charge in [-0.2, -0.15) is 0 Å². The summed E-state index contributed by atoms with van der Waals surface area (Å²) < 4.78 is 0.968. The van der Waals surface area contributed by atoms with E-state index in [0.29, 0.717) is 5.75 Å². The molecule has 0 fully saturated rings. The van der Waals surface area contributed by atoms with E-state index in [0.717, 1.165) is 15.4 Å². The Balaban J connectivity index is 2.96. The average Bonchev–Trinajstić information content (AvgIpc) is 2.45. The van der Waals surface area contributed by atoms with Crippen molar-refractivity contribution in [3.05, 3.63) is 28.9 Å². The third-order valence-electron chi connectivity index (χ3n) is 1.65. The highest BCUT2D eigenvalue weighted by Crippen LogP contribution is 2.29. The van der Waals surface area contributed by atoms with Gasteiger partial charge in [0, 0.05) is 16.1 Å². The number of H-pyrrole nitrogens is 1. The van der Waals surface area contributed by atoms with Crippen molar-refractivity contribution in [3.63, 3.8) is 0 Å². The number of benzene rings is 1. The van der Waals surface area contributed by atoms with Crippen LogP contribution in [0.2, 0.25) is 0 Å². The number of phenolic OH excluding ortho intramolecular Hbond substituents is 1. The van der Waals surface area contributed by atoms with Crippen LogP contribution in [-0.4, -0.2) is 10.1 Å². The molecule has 2 aromatic rings.